The summed E-state index contributed by atoms with van der Waals surface area (Å²) in [7, 11) is 3.07. The van der Waals surface area contributed by atoms with E-state index in [1.807, 2.05) is 13.0 Å². The topological polar surface area (TPSA) is 76.1 Å². The minimum Gasteiger partial charge on any atom is -0.497 e. The fraction of sp³-hybridized carbons (Fsp3) is 0.294. The van der Waals surface area contributed by atoms with Gasteiger partial charge in [0.25, 0.3) is 5.91 Å². The average Bonchev–Trinajstić information content (AvgIpc) is 2.99. The van der Waals surface area contributed by atoms with E-state index in [0.717, 1.165) is 10.4 Å². The number of carbonyl (C=O) groups is 2. The van der Waals surface area contributed by atoms with Gasteiger partial charge in [-0.25, -0.2) is 0 Å². The largest absolute Gasteiger partial charge is 0.497 e. The van der Waals surface area contributed by atoms with Crippen LogP contribution in [0.4, 0.5) is 0 Å². The number of aryl methyl sites for hydroxylation is 1. The van der Waals surface area contributed by atoms with E-state index < -0.39 is 5.97 Å². The first kappa shape index (κ1) is 17.8. The van der Waals surface area contributed by atoms with Crippen molar-refractivity contribution in [3.05, 3.63) is 45.6 Å². The zero-order valence-corrected chi connectivity index (χ0v) is 14.6. The zero-order valence-electron chi connectivity index (χ0n) is 13.7. The van der Waals surface area contributed by atoms with Gasteiger partial charge in [0, 0.05) is 17.5 Å². The fourth-order valence-electron chi connectivity index (χ4n) is 2.25. The molecule has 0 atom stereocenters. The monoisotopic (exact) mass is 349 g/mol. The Balaban J connectivity index is 2.28. The van der Waals surface area contributed by atoms with Crippen LogP contribution in [0.2, 0.25) is 0 Å². The summed E-state index contributed by atoms with van der Waals surface area (Å²) in [6.45, 7) is 1.67. The normalized spacial score (nSPS) is 10.3. The van der Waals surface area contributed by atoms with Crippen LogP contribution in [-0.4, -0.2) is 42.6 Å². The second kappa shape index (κ2) is 7.83. The van der Waals surface area contributed by atoms with Gasteiger partial charge in [0.05, 0.1) is 19.1 Å². The molecular weight excluding hydrogens is 330 g/mol. The maximum absolute atomic E-state index is 12.6. The Bertz CT molecular complexity index is 718. The lowest BCUT2D eigenvalue weighted by atomic mass is 10.1. The number of thiophene rings is 1. The number of aliphatic carboxylic acids is 1. The molecule has 6 nitrogen and oxygen atoms in total. The molecular formula is C17H19NO5S. The summed E-state index contributed by atoms with van der Waals surface area (Å²) in [5.41, 5.74) is 0.731. The summed E-state index contributed by atoms with van der Waals surface area (Å²) >= 11 is 1.34. The van der Waals surface area contributed by atoms with Gasteiger partial charge in [0.2, 0.25) is 0 Å². The molecule has 0 saturated heterocycles. The third kappa shape index (κ3) is 4.48. The molecule has 1 amide bonds. The van der Waals surface area contributed by atoms with Crippen LogP contribution in [0.25, 0.3) is 0 Å². The number of nitrogens with zero attached hydrogens (tertiary/aromatic N) is 1. The van der Waals surface area contributed by atoms with Crippen molar-refractivity contribution in [2.75, 3.05) is 20.8 Å². The third-order valence-electron chi connectivity index (χ3n) is 3.35. The first-order valence-corrected chi connectivity index (χ1v) is 8.04. The van der Waals surface area contributed by atoms with Gasteiger partial charge in [-0.3, -0.25) is 9.59 Å². The molecule has 0 bridgehead atoms. The number of hydrogen-bond donors (Lipinski definition) is 1. The van der Waals surface area contributed by atoms with Crippen LogP contribution in [0.3, 0.4) is 0 Å². The Morgan fingerprint density at radius 3 is 2.21 bits per heavy atom. The van der Waals surface area contributed by atoms with Crippen LogP contribution in [0, 0.1) is 6.92 Å². The summed E-state index contributed by atoms with van der Waals surface area (Å²) in [5, 5.41) is 9.12. The second-order valence-electron chi connectivity index (χ2n) is 5.19. The number of rotatable bonds is 7. The van der Waals surface area contributed by atoms with Gasteiger partial charge < -0.3 is 19.5 Å². The Morgan fingerprint density at radius 2 is 1.75 bits per heavy atom. The standard InChI is InChI=1S/C17H19NO5S/c1-11-4-5-15(24-11)17(21)18(10-16(19)20)9-12-6-13(22-2)8-14(7-12)23-3/h4-8H,9-10H2,1-3H3,(H,19,20). The van der Waals surface area contributed by atoms with Gasteiger partial charge in [-0.05, 0) is 36.8 Å². The quantitative estimate of drug-likeness (QED) is 0.832. The Hall–Kier alpha value is -2.54. The van der Waals surface area contributed by atoms with Crippen molar-refractivity contribution in [2.45, 2.75) is 13.5 Å². The first-order chi connectivity index (χ1) is 11.4. The summed E-state index contributed by atoms with van der Waals surface area (Å²) in [4.78, 5) is 26.6. The second-order valence-corrected chi connectivity index (χ2v) is 6.47. The molecule has 0 unspecified atom stereocenters. The number of carbonyl (C=O) groups excluding carboxylic acids is 1. The molecule has 0 aliphatic carbocycles. The lowest BCUT2D eigenvalue weighted by Crippen LogP contribution is -2.34. The molecule has 0 aliphatic heterocycles. The minimum atomic E-state index is -1.06. The van der Waals surface area contributed by atoms with Gasteiger partial charge in [-0.15, -0.1) is 11.3 Å². The highest BCUT2D eigenvalue weighted by Crippen LogP contribution is 2.24. The SMILES string of the molecule is COc1cc(CN(CC(=O)O)C(=O)c2ccc(C)s2)cc(OC)c1. The van der Waals surface area contributed by atoms with Crippen LogP contribution < -0.4 is 9.47 Å². The van der Waals surface area contributed by atoms with Crippen molar-refractivity contribution in [1.29, 1.82) is 0 Å². The summed E-state index contributed by atoms with van der Waals surface area (Å²) in [6, 6.07) is 8.78. The van der Waals surface area contributed by atoms with Crippen LogP contribution in [0.1, 0.15) is 20.1 Å². The molecule has 2 aromatic rings. The summed E-state index contributed by atoms with van der Waals surface area (Å²) in [6.07, 6.45) is 0. The number of amides is 1. The van der Waals surface area contributed by atoms with Crippen molar-refractivity contribution in [3.8, 4) is 11.5 Å². The maximum Gasteiger partial charge on any atom is 0.323 e. The van der Waals surface area contributed by atoms with Gasteiger partial charge in [-0.1, -0.05) is 0 Å². The molecule has 1 aromatic carbocycles. The number of methoxy groups -OCH3 is 2. The average molecular weight is 349 g/mol. The Kier molecular flexibility index (Phi) is 5.81. The van der Waals surface area contributed by atoms with Gasteiger partial charge in [0.1, 0.15) is 18.0 Å². The number of hydrogen-bond acceptors (Lipinski definition) is 5. The van der Waals surface area contributed by atoms with E-state index in [4.69, 9.17) is 14.6 Å². The molecule has 0 radical (unpaired) electrons. The molecule has 0 spiro atoms. The van der Waals surface area contributed by atoms with Crippen LogP contribution in [0.15, 0.2) is 30.3 Å². The lowest BCUT2D eigenvalue weighted by Gasteiger charge is -2.21. The minimum absolute atomic E-state index is 0.148. The van der Waals surface area contributed by atoms with E-state index in [2.05, 4.69) is 0 Å². The fourth-order valence-corrected chi connectivity index (χ4v) is 3.08. The van der Waals surface area contributed by atoms with E-state index in [-0.39, 0.29) is 19.0 Å². The van der Waals surface area contributed by atoms with E-state index in [9.17, 15) is 9.59 Å². The van der Waals surface area contributed by atoms with Crippen LogP contribution in [0.5, 0.6) is 11.5 Å². The summed E-state index contributed by atoms with van der Waals surface area (Å²) < 4.78 is 10.4. The molecule has 7 heteroatoms. The van der Waals surface area contributed by atoms with Crippen molar-refractivity contribution < 1.29 is 24.2 Å². The lowest BCUT2D eigenvalue weighted by molar-refractivity contribution is -0.137. The molecule has 2 rings (SSSR count). The van der Waals surface area contributed by atoms with Gasteiger partial charge in [-0.2, -0.15) is 0 Å². The van der Waals surface area contributed by atoms with Crippen molar-refractivity contribution in [2.24, 2.45) is 0 Å². The molecule has 1 aromatic heterocycles. The van der Waals surface area contributed by atoms with E-state index in [1.165, 1.54) is 30.5 Å². The molecule has 0 aliphatic rings. The predicted octanol–water partition coefficient (Wildman–Crippen LogP) is 2.80. The molecule has 24 heavy (non-hydrogen) atoms. The molecule has 1 heterocycles. The zero-order chi connectivity index (χ0) is 17.7. The van der Waals surface area contributed by atoms with Gasteiger partial charge >= 0.3 is 5.97 Å². The van der Waals surface area contributed by atoms with E-state index in [1.54, 1.807) is 24.3 Å². The molecule has 0 fully saturated rings. The number of benzene rings is 1. The van der Waals surface area contributed by atoms with Crippen molar-refractivity contribution >= 4 is 23.2 Å². The molecule has 128 valence electrons. The molecule has 1 N–H and O–H groups in total. The predicted molar refractivity (Wildman–Crippen MR) is 91.0 cm³/mol. The smallest absolute Gasteiger partial charge is 0.323 e. The highest BCUT2D eigenvalue weighted by Gasteiger charge is 2.21. The number of carboxylic acid groups (broad SMARTS) is 1. The third-order valence-corrected chi connectivity index (χ3v) is 4.34. The van der Waals surface area contributed by atoms with Crippen LogP contribution >= 0.6 is 11.3 Å². The molecule has 0 saturated carbocycles. The Morgan fingerprint density at radius 1 is 1.12 bits per heavy atom. The maximum atomic E-state index is 12.6. The van der Waals surface area contributed by atoms with Crippen LogP contribution in [-0.2, 0) is 11.3 Å². The first-order valence-electron chi connectivity index (χ1n) is 7.22. The van der Waals surface area contributed by atoms with Crippen molar-refractivity contribution in [3.63, 3.8) is 0 Å². The van der Waals surface area contributed by atoms with E-state index in [0.29, 0.717) is 16.4 Å². The summed E-state index contributed by atoms with van der Waals surface area (Å²) in [5.74, 6) is -0.207. The Labute approximate surface area is 144 Å². The highest BCUT2D eigenvalue weighted by molar-refractivity contribution is 7.13. The number of ether oxygens (including phenoxy) is 2. The van der Waals surface area contributed by atoms with E-state index >= 15 is 0 Å². The van der Waals surface area contributed by atoms with Crippen molar-refractivity contribution in [1.82, 2.24) is 4.90 Å². The highest BCUT2D eigenvalue weighted by atomic mass is 32.1. The number of carboxylic acids is 1. The van der Waals surface area contributed by atoms with Gasteiger partial charge in [0.15, 0.2) is 0 Å².